The highest BCUT2D eigenvalue weighted by Gasteiger charge is 2.24. The molecule has 7 nitrogen and oxygen atoms in total. The first-order valence-electron chi connectivity index (χ1n) is 11.0. The van der Waals surface area contributed by atoms with Crippen LogP contribution in [0.15, 0.2) is 59.7 Å². The number of hydrogen-bond donors (Lipinski definition) is 0. The molecule has 0 amide bonds. The van der Waals surface area contributed by atoms with Gasteiger partial charge in [0.15, 0.2) is 11.5 Å². The molecule has 0 saturated heterocycles. The summed E-state index contributed by atoms with van der Waals surface area (Å²) in [5, 5.41) is 0.655. The van der Waals surface area contributed by atoms with E-state index in [1.54, 1.807) is 39.0 Å². The quantitative estimate of drug-likeness (QED) is 0.274. The van der Waals surface area contributed by atoms with Crippen molar-refractivity contribution in [2.75, 3.05) is 13.7 Å². The van der Waals surface area contributed by atoms with Crippen LogP contribution >= 0.6 is 22.9 Å². The van der Waals surface area contributed by atoms with Gasteiger partial charge in [0.05, 0.1) is 18.3 Å². The second-order valence-corrected chi connectivity index (χ2v) is 9.95. The Morgan fingerprint density at radius 2 is 1.86 bits per heavy atom. The first kappa shape index (κ1) is 24.8. The van der Waals surface area contributed by atoms with Gasteiger partial charge in [0.2, 0.25) is 0 Å². The highest BCUT2D eigenvalue weighted by Crippen LogP contribution is 2.33. The fourth-order valence-corrected chi connectivity index (χ4v) is 4.61. The van der Waals surface area contributed by atoms with E-state index in [0.717, 1.165) is 10.4 Å². The number of thiophene rings is 1. The van der Waals surface area contributed by atoms with E-state index in [4.69, 9.17) is 25.8 Å². The lowest BCUT2D eigenvalue weighted by atomic mass is 10.1. The molecule has 0 N–H and O–H groups in total. The van der Waals surface area contributed by atoms with Crippen molar-refractivity contribution in [2.24, 2.45) is 0 Å². The van der Waals surface area contributed by atoms with Crippen molar-refractivity contribution >= 4 is 39.1 Å². The summed E-state index contributed by atoms with van der Waals surface area (Å²) in [5.41, 5.74) is 1.22. The molecule has 2 aromatic carbocycles. The standard InChI is InChI=1S/C26H25ClN2O5S/c1-5-23(30)34-26(2,3)14-33-20-11-10-18(12-21(20)32-4)29-15-28-19-13-22(35-24(19)25(29)31)16-6-8-17(27)9-7-16/h6-13,15H,5,14H2,1-4H3. The van der Waals surface area contributed by atoms with Gasteiger partial charge in [-0.15, -0.1) is 11.3 Å². The van der Waals surface area contributed by atoms with Crippen LogP contribution in [0, 0.1) is 0 Å². The van der Waals surface area contributed by atoms with Gasteiger partial charge >= 0.3 is 5.97 Å². The highest BCUT2D eigenvalue weighted by molar-refractivity contribution is 7.22. The molecule has 4 rings (SSSR count). The van der Waals surface area contributed by atoms with Crippen LogP contribution < -0.4 is 15.0 Å². The summed E-state index contributed by atoms with van der Waals surface area (Å²) in [7, 11) is 1.52. The number of fused-ring (bicyclic) bond motifs is 1. The molecule has 35 heavy (non-hydrogen) atoms. The topological polar surface area (TPSA) is 79.7 Å². The molecule has 0 radical (unpaired) electrons. The molecule has 2 heterocycles. The predicted molar refractivity (Wildman–Crippen MR) is 138 cm³/mol. The highest BCUT2D eigenvalue weighted by atomic mass is 35.5. The van der Waals surface area contributed by atoms with E-state index in [1.807, 2.05) is 30.3 Å². The average Bonchev–Trinajstić information content (AvgIpc) is 3.28. The van der Waals surface area contributed by atoms with Crippen LogP contribution in [0.3, 0.4) is 0 Å². The van der Waals surface area contributed by atoms with Gasteiger partial charge in [0, 0.05) is 22.4 Å². The second kappa shape index (κ2) is 10.1. The van der Waals surface area contributed by atoms with Crippen LogP contribution in [0.2, 0.25) is 5.02 Å². The normalized spacial score (nSPS) is 11.5. The predicted octanol–water partition coefficient (Wildman–Crippen LogP) is 5.89. The number of ether oxygens (including phenoxy) is 3. The van der Waals surface area contributed by atoms with Crippen LogP contribution in [-0.2, 0) is 9.53 Å². The Kier molecular flexibility index (Phi) is 7.14. The van der Waals surface area contributed by atoms with Gasteiger partial charge in [-0.1, -0.05) is 30.7 Å². The summed E-state index contributed by atoms with van der Waals surface area (Å²) in [5.74, 6) is 0.622. The fraction of sp³-hybridized carbons (Fsp3) is 0.269. The largest absolute Gasteiger partial charge is 0.493 e. The Morgan fingerprint density at radius 1 is 1.11 bits per heavy atom. The second-order valence-electron chi connectivity index (χ2n) is 8.46. The number of methoxy groups -OCH3 is 1. The minimum atomic E-state index is -0.802. The van der Waals surface area contributed by atoms with Gasteiger partial charge < -0.3 is 14.2 Å². The molecule has 2 aromatic heterocycles. The van der Waals surface area contributed by atoms with Crippen molar-refractivity contribution in [1.29, 1.82) is 0 Å². The Bertz CT molecular complexity index is 1430. The van der Waals surface area contributed by atoms with Crippen molar-refractivity contribution in [3.63, 3.8) is 0 Å². The van der Waals surface area contributed by atoms with E-state index in [2.05, 4.69) is 4.98 Å². The number of carbonyl (C=O) groups excluding carboxylic acids is 1. The van der Waals surface area contributed by atoms with E-state index in [-0.39, 0.29) is 18.1 Å². The Balaban J connectivity index is 1.62. The van der Waals surface area contributed by atoms with Crippen molar-refractivity contribution < 1.29 is 19.0 Å². The third-order valence-corrected chi connectivity index (χ3v) is 6.66. The lowest BCUT2D eigenvalue weighted by Crippen LogP contribution is -2.34. The molecule has 0 aliphatic carbocycles. The monoisotopic (exact) mass is 512 g/mol. The van der Waals surface area contributed by atoms with Crippen molar-refractivity contribution in [3.05, 3.63) is 70.2 Å². The Morgan fingerprint density at radius 3 is 2.54 bits per heavy atom. The maximum Gasteiger partial charge on any atom is 0.306 e. The number of halogens is 1. The molecule has 0 fully saturated rings. The maximum atomic E-state index is 13.3. The number of esters is 1. The third kappa shape index (κ3) is 5.49. The van der Waals surface area contributed by atoms with Gasteiger partial charge in [-0.05, 0) is 49.7 Å². The third-order valence-electron chi connectivity index (χ3n) is 5.25. The Labute approximate surface area is 211 Å². The number of benzene rings is 2. The van der Waals surface area contributed by atoms with Crippen LogP contribution in [0.5, 0.6) is 11.5 Å². The molecule has 4 aromatic rings. The molecule has 0 unspecified atom stereocenters. The van der Waals surface area contributed by atoms with Crippen LogP contribution in [-0.4, -0.2) is 34.8 Å². The van der Waals surface area contributed by atoms with Crippen molar-refractivity contribution in [3.8, 4) is 27.6 Å². The smallest absolute Gasteiger partial charge is 0.306 e. The van der Waals surface area contributed by atoms with E-state index in [0.29, 0.717) is 38.8 Å². The SMILES string of the molecule is CCC(=O)OC(C)(C)COc1ccc(-n2cnc3cc(-c4ccc(Cl)cc4)sc3c2=O)cc1OC. The molecule has 9 heteroatoms. The van der Waals surface area contributed by atoms with Crippen molar-refractivity contribution in [2.45, 2.75) is 32.8 Å². The molecule has 0 aliphatic heterocycles. The molecular formula is C26H25ClN2O5S. The first-order valence-corrected chi connectivity index (χ1v) is 12.2. The minimum Gasteiger partial charge on any atom is -0.493 e. The molecule has 0 spiro atoms. The van der Waals surface area contributed by atoms with Crippen LogP contribution in [0.25, 0.3) is 26.3 Å². The molecular weight excluding hydrogens is 488 g/mol. The molecule has 182 valence electrons. The zero-order chi connectivity index (χ0) is 25.2. The lowest BCUT2D eigenvalue weighted by Gasteiger charge is -2.25. The number of hydrogen-bond acceptors (Lipinski definition) is 7. The maximum absolute atomic E-state index is 13.3. The number of carbonyl (C=O) groups is 1. The summed E-state index contributed by atoms with van der Waals surface area (Å²) >= 11 is 7.38. The summed E-state index contributed by atoms with van der Waals surface area (Å²) in [6, 6.07) is 14.6. The van der Waals surface area contributed by atoms with Gasteiger partial charge in [0.25, 0.3) is 5.56 Å². The number of nitrogens with zero attached hydrogens (tertiary/aromatic N) is 2. The molecule has 0 atom stereocenters. The molecule has 0 saturated carbocycles. The van der Waals surface area contributed by atoms with E-state index in [9.17, 15) is 9.59 Å². The first-order chi connectivity index (χ1) is 16.7. The Hall–Kier alpha value is -3.36. The van der Waals surface area contributed by atoms with Crippen molar-refractivity contribution in [1.82, 2.24) is 9.55 Å². The number of aromatic nitrogens is 2. The van der Waals surface area contributed by atoms with Crippen LogP contribution in [0.4, 0.5) is 0 Å². The zero-order valence-electron chi connectivity index (χ0n) is 19.8. The minimum absolute atomic E-state index is 0.143. The van der Waals surface area contributed by atoms with E-state index < -0.39 is 5.60 Å². The zero-order valence-corrected chi connectivity index (χ0v) is 21.4. The molecule has 0 aliphatic rings. The molecule has 0 bridgehead atoms. The van der Waals surface area contributed by atoms with E-state index in [1.165, 1.54) is 29.3 Å². The van der Waals surface area contributed by atoms with E-state index >= 15 is 0 Å². The number of rotatable bonds is 8. The summed E-state index contributed by atoms with van der Waals surface area (Å²) in [6.45, 7) is 5.44. The van der Waals surface area contributed by atoms with Gasteiger partial charge in [-0.3, -0.25) is 14.2 Å². The van der Waals surface area contributed by atoms with Gasteiger partial charge in [-0.25, -0.2) is 4.98 Å². The van der Waals surface area contributed by atoms with Gasteiger partial charge in [-0.2, -0.15) is 0 Å². The average molecular weight is 513 g/mol. The summed E-state index contributed by atoms with van der Waals surface area (Å²) in [4.78, 5) is 30.4. The fourth-order valence-electron chi connectivity index (χ4n) is 3.44. The summed E-state index contributed by atoms with van der Waals surface area (Å²) in [6.07, 6.45) is 1.80. The summed E-state index contributed by atoms with van der Waals surface area (Å²) < 4.78 is 18.8. The van der Waals surface area contributed by atoms with Crippen LogP contribution in [0.1, 0.15) is 27.2 Å². The van der Waals surface area contributed by atoms with Gasteiger partial charge in [0.1, 0.15) is 23.2 Å². The lowest BCUT2D eigenvalue weighted by molar-refractivity contribution is -0.158.